The molecule has 2 aliphatic heterocycles. The Morgan fingerprint density at radius 3 is 2.69 bits per heavy atom. The number of benzene rings is 1. The lowest BCUT2D eigenvalue weighted by Crippen LogP contribution is -2.43. The molecular formula is C24H26FN5O2. The van der Waals surface area contributed by atoms with Crippen molar-refractivity contribution >= 4 is 28.3 Å². The minimum atomic E-state index is -1.19. The summed E-state index contributed by atoms with van der Waals surface area (Å²) in [5.41, 5.74) is 1.87. The Morgan fingerprint density at radius 2 is 1.91 bits per heavy atom. The van der Waals surface area contributed by atoms with Crippen LogP contribution in [0.2, 0.25) is 0 Å². The molecule has 0 spiro atoms. The minimum Gasteiger partial charge on any atom is -0.338 e. The van der Waals surface area contributed by atoms with Crippen molar-refractivity contribution in [1.82, 2.24) is 19.4 Å². The van der Waals surface area contributed by atoms with Crippen molar-refractivity contribution in [3.05, 3.63) is 58.3 Å². The quantitative estimate of drug-likeness (QED) is 0.617. The first-order valence-corrected chi connectivity index (χ1v) is 11.0. The van der Waals surface area contributed by atoms with E-state index in [1.54, 1.807) is 31.1 Å². The van der Waals surface area contributed by atoms with Gasteiger partial charge in [-0.15, -0.1) is 0 Å². The molecule has 1 aromatic carbocycles. The molecule has 0 aliphatic carbocycles. The van der Waals surface area contributed by atoms with Gasteiger partial charge in [0.25, 0.3) is 11.5 Å². The fourth-order valence-electron chi connectivity index (χ4n) is 4.56. The molecular weight excluding hydrogens is 409 g/mol. The van der Waals surface area contributed by atoms with E-state index >= 15 is 0 Å². The first-order valence-electron chi connectivity index (χ1n) is 11.0. The fourth-order valence-corrected chi connectivity index (χ4v) is 4.56. The number of aryl methyl sites for hydroxylation is 2. The number of aromatic nitrogens is 3. The third-order valence-corrected chi connectivity index (χ3v) is 6.58. The first-order chi connectivity index (χ1) is 15.3. The van der Waals surface area contributed by atoms with Gasteiger partial charge in [-0.05, 0) is 62.4 Å². The molecule has 1 saturated heterocycles. The molecule has 166 valence electrons. The van der Waals surface area contributed by atoms with Gasteiger partial charge in [0.2, 0.25) is 0 Å². The van der Waals surface area contributed by atoms with Crippen molar-refractivity contribution in [1.29, 1.82) is 0 Å². The molecule has 0 bridgehead atoms. The monoisotopic (exact) mass is 435 g/mol. The molecule has 0 saturated carbocycles. The molecule has 0 atom stereocenters. The van der Waals surface area contributed by atoms with E-state index in [-0.39, 0.29) is 11.5 Å². The SMILES string of the molecule is Cn1cnc2cc(N3CCCc4cc(C(=O)N5CCC(C)(F)CC5)cnc43)ccc2c1=O. The Bertz CT molecular complexity index is 1260. The van der Waals surface area contributed by atoms with Crippen molar-refractivity contribution in [3.63, 3.8) is 0 Å². The van der Waals surface area contributed by atoms with Gasteiger partial charge in [-0.1, -0.05) is 0 Å². The van der Waals surface area contributed by atoms with Gasteiger partial charge >= 0.3 is 0 Å². The maximum atomic E-state index is 14.1. The number of likely N-dealkylation sites (tertiary alicyclic amines) is 1. The van der Waals surface area contributed by atoms with Crippen LogP contribution in [-0.2, 0) is 13.5 Å². The van der Waals surface area contributed by atoms with Crippen LogP contribution in [0.4, 0.5) is 15.9 Å². The van der Waals surface area contributed by atoms with Crippen LogP contribution < -0.4 is 10.5 Å². The third-order valence-electron chi connectivity index (χ3n) is 6.58. The number of amides is 1. The predicted octanol–water partition coefficient (Wildman–Crippen LogP) is 3.38. The number of rotatable bonds is 2. The van der Waals surface area contributed by atoms with Gasteiger partial charge < -0.3 is 14.4 Å². The standard InChI is InChI=1S/C24H26FN5O2/c1-24(25)7-10-29(11-8-24)22(31)17-12-16-4-3-9-30(21(16)26-14-17)18-5-6-19-20(13-18)27-15-28(2)23(19)32/h5-6,12-15H,3-4,7-11H2,1-2H3. The van der Waals surface area contributed by atoms with E-state index in [2.05, 4.69) is 14.9 Å². The summed E-state index contributed by atoms with van der Waals surface area (Å²) < 4.78 is 15.6. The molecule has 32 heavy (non-hydrogen) atoms. The van der Waals surface area contributed by atoms with Crippen LogP contribution in [0, 0.1) is 0 Å². The molecule has 4 heterocycles. The summed E-state index contributed by atoms with van der Waals surface area (Å²) in [5, 5.41) is 0.579. The molecule has 0 unspecified atom stereocenters. The van der Waals surface area contributed by atoms with Crippen LogP contribution in [0.1, 0.15) is 42.1 Å². The maximum Gasteiger partial charge on any atom is 0.260 e. The van der Waals surface area contributed by atoms with Gasteiger partial charge in [0.15, 0.2) is 0 Å². The number of pyridine rings is 1. The molecule has 2 aromatic heterocycles. The second kappa shape index (κ2) is 7.69. The van der Waals surface area contributed by atoms with Gasteiger partial charge in [-0.2, -0.15) is 0 Å². The third kappa shape index (κ3) is 3.63. The zero-order chi connectivity index (χ0) is 22.5. The smallest absolute Gasteiger partial charge is 0.260 e. The molecule has 0 radical (unpaired) electrons. The molecule has 3 aromatic rings. The maximum absolute atomic E-state index is 14.1. The minimum absolute atomic E-state index is 0.0762. The van der Waals surface area contributed by atoms with Crippen molar-refractivity contribution in [3.8, 4) is 0 Å². The summed E-state index contributed by atoms with van der Waals surface area (Å²) in [4.78, 5) is 38.2. The number of hydrogen-bond donors (Lipinski definition) is 0. The number of anilines is 2. The second-order valence-corrected chi connectivity index (χ2v) is 9.03. The van der Waals surface area contributed by atoms with Crippen LogP contribution in [0.5, 0.6) is 0 Å². The molecule has 1 amide bonds. The molecule has 2 aliphatic rings. The topological polar surface area (TPSA) is 71.3 Å². The number of nitrogens with zero attached hydrogens (tertiary/aromatic N) is 5. The highest BCUT2D eigenvalue weighted by molar-refractivity contribution is 5.94. The molecule has 1 fully saturated rings. The highest BCUT2D eigenvalue weighted by Crippen LogP contribution is 2.33. The lowest BCUT2D eigenvalue weighted by atomic mass is 9.95. The number of hydrogen-bond acceptors (Lipinski definition) is 5. The zero-order valence-electron chi connectivity index (χ0n) is 18.3. The summed E-state index contributed by atoms with van der Waals surface area (Å²) in [6.45, 7) is 3.26. The molecule has 0 N–H and O–H groups in total. The fraction of sp³-hybridized carbons (Fsp3) is 0.417. The van der Waals surface area contributed by atoms with E-state index in [9.17, 15) is 14.0 Å². The number of carbonyl (C=O) groups is 1. The van der Waals surface area contributed by atoms with Crippen LogP contribution in [0.15, 0.2) is 41.6 Å². The summed E-state index contributed by atoms with van der Waals surface area (Å²) in [7, 11) is 1.69. The Morgan fingerprint density at radius 1 is 1.12 bits per heavy atom. The summed E-state index contributed by atoms with van der Waals surface area (Å²) in [5.74, 6) is 0.740. The second-order valence-electron chi connectivity index (χ2n) is 9.03. The van der Waals surface area contributed by atoms with Crippen LogP contribution in [0.3, 0.4) is 0 Å². The van der Waals surface area contributed by atoms with Crippen molar-refractivity contribution in [2.45, 2.75) is 38.3 Å². The lowest BCUT2D eigenvalue weighted by molar-refractivity contribution is 0.0503. The van der Waals surface area contributed by atoms with E-state index in [1.807, 2.05) is 18.2 Å². The van der Waals surface area contributed by atoms with E-state index in [1.165, 1.54) is 10.9 Å². The number of alkyl halides is 1. The van der Waals surface area contributed by atoms with Gasteiger partial charge in [0.1, 0.15) is 11.5 Å². The summed E-state index contributed by atoms with van der Waals surface area (Å²) >= 11 is 0. The van der Waals surface area contributed by atoms with Crippen LogP contribution in [-0.4, -0.2) is 50.6 Å². The van der Waals surface area contributed by atoms with Gasteiger partial charge in [0, 0.05) is 38.6 Å². The van der Waals surface area contributed by atoms with Gasteiger partial charge in [0.05, 0.1) is 22.8 Å². The number of carbonyl (C=O) groups excluding carboxylic acids is 1. The predicted molar refractivity (Wildman–Crippen MR) is 121 cm³/mol. The highest BCUT2D eigenvalue weighted by Gasteiger charge is 2.32. The average Bonchev–Trinajstić information content (AvgIpc) is 2.80. The summed E-state index contributed by atoms with van der Waals surface area (Å²) in [6.07, 6.45) is 5.65. The molecule has 8 heteroatoms. The normalized spacial score (nSPS) is 18.0. The van der Waals surface area contributed by atoms with E-state index < -0.39 is 5.67 Å². The average molecular weight is 436 g/mol. The van der Waals surface area contributed by atoms with Crippen LogP contribution >= 0.6 is 0 Å². The van der Waals surface area contributed by atoms with Gasteiger partial charge in [-0.3, -0.25) is 9.59 Å². The Labute approximate surface area is 185 Å². The van der Waals surface area contributed by atoms with E-state index in [4.69, 9.17) is 0 Å². The van der Waals surface area contributed by atoms with Crippen molar-refractivity contribution in [2.24, 2.45) is 7.05 Å². The first kappa shape index (κ1) is 20.6. The molecule has 7 nitrogen and oxygen atoms in total. The van der Waals surface area contributed by atoms with Crippen molar-refractivity contribution in [2.75, 3.05) is 24.5 Å². The Hall–Kier alpha value is -3.29. The summed E-state index contributed by atoms with van der Waals surface area (Å²) in [6, 6.07) is 7.56. The zero-order valence-corrected chi connectivity index (χ0v) is 18.3. The van der Waals surface area contributed by atoms with Crippen LogP contribution in [0.25, 0.3) is 10.9 Å². The number of piperidine rings is 1. The van der Waals surface area contributed by atoms with Gasteiger partial charge in [-0.25, -0.2) is 14.4 Å². The lowest BCUT2D eigenvalue weighted by Gasteiger charge is -2.34. The highest BCUT2D eigenvalue weighted by atomic mass is 19.1. The number of halogens is 1. The van der Waals surface area contributed by atoms with Crippen molar-refractivity contribution < 1.29 is 9.18 Å². The number of fused-ring (bicyclic) bond motifs is 2. The largest absolute Gasteiger partial charge is 0.338 e. The molecule has 5 rings (SSSR count). The van der Waals surface area contributed by atoms with E-state index in [0.717, 1.165) is 36.5 Å². The Kier molecular flexibility index (Phi) is 4.95. The van der Waals surface area contributed by atoms with E-state index in [0.29, 0.717) is 42.4 Å². The Balaban J connectivity index is 1.43.